The molecule has 1 aliphatic carbocycles. The van der Waals surface area contributed by atoms with Gasteiger partial charge in [-0.05, 0) is 23.3 Å². The van der Waals surface area contributed by atoms with Crippen molar-refractivity contribution in [2.24, 2.45) is 0 Å². The molecule has 0 heterocycles. The molecule has 0 unspecified atom stereocenters. The van der Waals surface area contributed by atoms with Gasteiger partial charge < -0.3 is 14.9 Å². The predicted octanol–water partition coefficient (Wildman–Crippen LogP) is 3.56. The van der Waals surface area contributed by atoms with E-state index in [-0.39, 0.29) is 28.6 Å². The molecule has 2 aromatic rings. The van der Waals surface area contributed by atoms with Gasteiger partial charge in [0.25, 0.3) is 0 Å². The van der Waals surface area contributed by atoms with Crippen LogP contribution in [0, 0.1) is 0 Å². The van der Waals surface area contributed by atoms with Crippen LogP contribution in [0.15, 0.2) is 90.6 Å². The first kappa shape index (κ1) is 19.5. The van der Waals surface area contributed by atoms with Gasteiger partial charge >= 0.3 is 17.1 Å². The molecule has 0 amide bonds. The predicted molar refractivity (Wildman–Crippen MR) is 91.0 cm³/mol. The SMILES string of the molecule is COc1cc(/C([O-])=C/C=C2C=CC=C2)ccc1O.[Fe+2].c1cc[cH-]c1. The van der Waals surface area contributed by atoms with Crippen LogP contribution in [0.25, 0.3) is 5.76 Å². The van der Waals surface area contributed by atoms with E-state index in [1.807, 2.05) is 54.6 Å². The van der Waals surface area contributed by atoms with Crippen molar-refractivity contribution >= 4 is 5.76 Å². The van der Waals surface area contributed by atoms with E-state index in [1.165, 1.54) is 25.3 Å². The summed E-state index contributed by atoms with van der Waals surface area (Å²) in [4.78, 5) is 0. The minimum absolute atomic E-state index is 0. The fourth-order valence-electron chi connectivity index (χ4n) is 1.92. The van der Waals surface area contributed by atoms with Gasteiger partial charge in [0.15, 0.2) is 11.5 Å². The summed E-state index contributed by atoms with van der Waals surface area (Å²) in [6.45, 7) is 0. The molecule has 0 fully saturated rings. The largest absolute Gasteiger partial charge is 2.00 e. The van der Waals surface area contributed by atoms with Gasteiger partial charge in [-0.1, -0.05) is 42.5 Å². The van der Waals surface area contributed by atoms with E-state index < -0.39 is 0 Å². The van der Waals surface area contributed by atoms with Gasteiger partial charge in [-0.25, -0.2) is 12.1 Å². The smallest absolute Gasteiger partial charge is 0.872 e. The third-order valence-electron chi connectivity index (χ3n) is 3.14. The summed E-state index contributed by atoms with van der Waals surface area (Å²) in [5.41, 5.74) is 1.46. The zero-order valence-corrected chi connectivity index (χ0v) is 14.3. The Bertz CT molecular complexity index is 707. The Kier molecular flexibility index (Phi) is 8.34. The van der Waals surface area contributed by atoms with Gasteiger partial charge in [-0.3, -0.25) is 0 Å². The maximum Gasteiger partial charge on any atom is 2.00 e. The van der Waals surface area contributed by atoms with Gasteiger partial charge in [-0.2, -0.15) is 18.2 Å². The van der Waals surface area contributed by atoms with Crippen LogP contribution >= 0.6 is 0 Å². The van der Waals surface area contributed by atoms with Crippen molar-refractivity contribution in [3.05, 3.63) is 96.1 Å². The molecule has 0 spiro atoms. The Labute approximate surface area is 152 Å². The van der Waals surface area contributed by atoms with Gasteiger partial charge in [0.2, 0.25) is 0 Å². The zero-order valence-electron chi connectivity index (χ0n) is 13.2. The van der Waals surface area contributed by atoms with E-state index in [1.54, 1.807) is 12.1 Å². The molecular weight excluding hydrogens is 344 g/mol. The molecule has 0 aromatic heterocycles. The van der Waals surface area contributed by atoms with Gasteiger partial charge in [0.1, 0.15) is 0 Å². The Morgan fingerprint density at radius 2 is 1.83 bits per heavy atom. The Hall–Kier alpha value is -2.55. The molecule has 4 heteroatoms. The number of phenols is 1. The maximum absolute atomic E-state index is 11.9. The third kappa shape index (κ3) is 5.92. The maximum atomic E-state index is 11.9. The Morgan fingerprint density at radius 1 is 1.17 bits per heavy atom. The Balaban J connectivity index is 0.000000412. The molecule has 124 valence electrons. The van der Waals surface area contributed by atoms with Gasteiger partial charge in [0, 0.05) is 0 Å². The minimum atomic E-state index is -0.130. The molecule has 0 bridgehead atoms. The van der Waals surface area contributed by atoms with E-state index in [2.05, 4.69) is 0 Å². The van der Waals surface area contributed by atoms with Crippen LogP contribution < -0.4 is 9.84 Å². The van der Waals surface area contributed by atoms with Crippen molar-refractivity contribution in [1.82, 2.24) is 0 Å². The normalized spacial score (nSPS) is 12.2. The molecule has 1 N–H and O–H groups in total. The van der Waals surface area contributed by atoms with Crippen molar-refractivity contribution in [1.29, 1.82) is 0 Å². The first-order chi connectivity index (χ1) is 11.2. The van der Waals surface area contributed by atoms with E-state index in [4.69, 9.17) is 4.74 Å². The van der Waals surface area contributed by atoms with Gasteiger partial charge in [-0.15, -0.1) is 5.76 Å². The van der Waals surface area contributed by atoms with Crippen molar-refractivity contribution in [3.63, 3.8) is 0 Å². The summed E-state index contributed by atoms with van der Waals surface area (Å²) in [7, 11) is 1.45. The second kappa shape index (κ2) is 10.3. The van der Waals surface area contributed by atoms with E-state index in [9.17, 15) is 10.2 Å². The third-order valence-corrected chi connectivity index (χ3v) is 3.14. The summed E-state index contributed by atoms with van der Waals surface area (Å²) in [6.07, 6.45) is 10.9. The summed E-state index contributed by atoms with van der Waals surface area (Å²) in [5.74, 6) is 0.186. The fraction of sp³-hybridized carbons (Fsp3) is 0.0500. The number of hydrogen-bond donors (Lipinski definition) is 1. The average molecular weight is 362 g/mol. The molecule has 3 nitrogen and oxygen atoms in total. The van der Waals surface area contributed by atoms with E-state index in [0.717, 1.165) is 5.57 Å². The quantitative estimate of drug-likeness (QED) is 0.516. The average Bonchev–Trinajstić information content (AvgIpc) is 3.29. The van der Waals surface area contributed by atoms with Crippen molar-refractivity contribution < 1.29 is 32.0 Å². The molecule has 0 saturated heterocycles. The molecule has 24 heavy (non-hydrogen) atoms. The molecule has 0 saturated carbocycles. The van der Waals surface area contributed by atoms with Crippen LogP contribution in [-0.4, -0.2) is 12.2 Å². The summed E-state index contributed by atoms with van der Waals surface area (Å²) in [5, 5.41) is 21.3. The number of benzene rings is 1. The van der Waals surface area contributed by atoms with Crippen LogP contribution in [-0.2, 0) is 17.1 Å². The van der Waals surface area contributed by atoms with Crippen LogP contribution in [0.4, 0.5) is 0 Å². The van der Waals surface area contributed by atoms with Crippen LogP contribution in [0.5, 0.6) is 11.5 Å². The second-order valence-electron chi connectivity index (χ2n) is 4.76. The van der Waals surface area contributed by atoms with Gasteiger partial charge in [0.05, 0.1) is 7.11 Å². The minimum Gasteiger partial charge on any atom is -0.872 e. The molecule has 0 radical (unpaired) electrons. The summed E-state index contributed by atoms with van der Waals surface area (Å²) in [6, 6.07) is 14.5. The number of phenolic OH excluding ortho intramolecular Hbond substituents is 1. The molecule has 1 aliphatic rings. The summed E-state index contributed by atoms with van der Waals surface area (Å²) < 4.78 is 4.96. The van der Waals surface area contributed by atoms with Crippen molar-refractivity contribution in [3.8, 4) is 11.5 Å². The molecule has 2 aromatic carbocycles. The fourth-order valence-corrected chi connectivity index (χ4v) is 1.92. The van der Waals surface area contributed by atoms with Crippen LogP contribution in [0.3, 0.4) is 0 Å². The topological polar surface area (TPSA) is 52.5 Å². The van der Waals surface area contributed by atoms with Crippen LogP contribution in [0.2, 0.25) is 0 Å². The summed E-state index contributed by atoms with van der Waals surface area (Å²) >= 11 is 0. The second-order valence-corrected chi connectivity index (χ2v) is 4.76. The van der Waals surface area contributed by atoms with Crippen molar-refractivity contribution in [2.75, 3.05) is 7.11 Å². The Morgan fingerprint density at radius 3 is 2.38 bits per heavy atom. The van der Waals surface area contributed by atoms with Crippen LogP contribution in [0.1, 0.15) is 5.56 Å². The number of ether oxygens (including phenoxy) is 1. The van der Waals surface area contributed by atoms with E-state index >= 15 is 0 Å². The van der Waals surface area contributed by atoms with Crippen molar-refractivity contribution in [2.45, 2.75) is 0 Å². The number of rotatable bonds is 3. The first-order valence-corrected chi connectivity index (χ1v) is 7.18. The molecule has 0 atom stereocenters. The van der Waals surface area contributed by atoms with E-state index in [0.29, 0.717) is 11.3 Å². The molecular formula is C20H18FeO3. The first-order valence-electron chi connectivity index (χ1n) is 7.18. The monoisotopic (exact) mass is 362 g/mol. The molecule has 3 rings (SSSR count). The molecule has 0 aliphatic heterocycles. The number of methoxy groups -OCH3 is 1. The number of hydrogen-bond acceptors (Lipinski definition) is 3. The number of allylic oxidation sites excluding steroid dienone is 7. The zero-order chi connectivity index (χ0) is 16.5. The number of aromatic hydroxyl groups is 1. The standard InChI is InChI=1S/C15H14O3.C5H5.Fe/c1-18-15-10-12(7-9-14(15)17)13(16)8-6-11-4-2-3-5-11;1-2-4-5-3-1;/h2-10,16-17H,1H3;1-5H;/q;-1;+2/p-1/b13-8-;;.